The Kier molecular flexibility index (Phi) is 7.08. The Hall–Kier alpha value is -1.02. The van der Waals surface area contributed by atoms with Gasteiger partial charge in [-0.3, -0.25) is 0 Å². The molecule has 2 heteroatoms. The number of nitrogens with one attached hydrogen (secondary N) is 1. The summed E-state index contributed by atoms with van der Waals surface area (Å²) >= 11 is 0. The normalized spacial score (nSPS) is 13.0. The van der Waals surface area contributed by atoms with Gasteiger partial charge < -0.3 is 10.1 Å². The van der Waals surface area contributed by atoms with Crippen molar-refractivity contribution in [2.45, 2.75) is 72.4 Å². The SMILES string of the molecule is CCCC(CNC(C)C)Oc1cc(C(C)C)ccc1C. The Labute approximate surface area is 124 Å². The van der Waals surface area contributed by atoms with Gasteiger partial charge in [-0.1, -0.05) is 53.2 Å². The number of benzene rings is 1. The van der Waals surface area contributed by atoms with Crippen LogP contribution in [-0.4, -0.2) is 18.7 Å². The molecule has 2 nitrogen and oxygen atoms in total. The molecule has 1 unspecified atom stereocenters. The van der Waals surface area contributed by atoms with Crippen molar-refractivity contribution >= 4 is 0 Å². The smallest absolute Gasteiger partial charge is 0.122 e. The lowest BCUT2D eigenvalue weighted by molar-refractivity contribution is 0.182. The molecule has 0 bridgehead atoms. The van der Waals surface area contributed by atoms with E-state index in [2.05, 4.69) is 65.1 Å². The van der Waals surface area contributed by atoms with Crippen LogP contribution in [0.2, 0.25) is 0 Å². The minimum Gasteiger partial charge on any atom is -0.489 e. The highest BCUT2D eigenvalue weighted by Gasteiger charge is 2.12. The van der Waals surface area contributed by atoms with E-state index >= 15 is 0 Å². The van der Waals surface area contributed by atoms with Crippen LogP contribution in [0.4, 0.5) is 0 Å². The Balaban J connectivity index is 2.78. The van der Waals surface area contributed by atoms with Gasteiger partial charge in [-0.05, 0) is 36.5 Å². The van der Waals surface area contributed by atoms with Gasteiger partial charge in [0.1, 0.15) is 11.9 Å². The lowest BCUT2D eigenvalue weighted by Gasteiger charge is -2.22. The first-order valence-corrected chi connectivity index (χ1v) is 7.94. The quantitative estimate of drug-likeness (QED) is 0.746. The van der Waals surface area contributed by atoms with E-state index < -0.39 is 0 Å². The molecule has 0 spiro atoms. The molecule has 1 rings (SSSR count). The Morgan fingerprint density at radius 1 is 1.15 bits per heavy atom. The van der Waals surface area contributed by atoms with E-state index in [4.69, 9.17) is 4.74 Å². The maximum absolute atomic E-state index is 6.26. The molecule has 1 aromatic carbocycles. The number of rotatable bonds is 8. The Morgan fingerprint density at radius 3 is 2.40 bits per heavy atom. The third kappa shape index (κ3) is 5.54. The number of ether oxygens (including phenoxy) is 1. The first-order valence-electron chi connectivity index (χ1n) is 7.94. The van der Waals surface area contributed by atoms with Gasteiger partial charge in [0.2, 0.25) is 0 Å². The summed E-state index contributed by atoms with van der Waals surface area (Å²) in [5, 5.41) is 3.48. The highest BCUT2D eigenvalue weighted by Crippen LogP contribution is 2.25. The molecule has 0 saturated carbocycles. The Morgan fingerprint density at radius 2 is 1.85 bits per heavy atom. The molecule has 0 fully saturated rings. The molecule has 1 aromatic rings. The molecule has 0 aromatic heterocycles. The van der Waals surface area contributed by atoms with Crippen molar-refractivity contribution in [1.82, 2.24) is 5.32 Å². The summed E-state index contributed by atoms with van der Waals surface area (Å²) in [6.45, 7) is 14.0. The van der Waals surface area contributed by atoms with Gasteiger partial charge in [0, 0.05) is 12.6 Å². The Bertz CT molecular complexity index is 398. The summed E-state index contributed by atoms with van der Waals surface area (Å²) in [6, 6.07) is 7.08. The molecular formula is C18H31NO. The van der Waals surface area contributed by atoms with Crippen LogP contribution in [0, 0.1) is 6.92 Å². The predicted molar refractivity (Wildman–Crippen MR) is 87.7 cm³/mol. The largest absolute Gasteiger partial charge is 0.489 e. The van der Waals surface area contributed by atoms with Crippen LogP contribution >= 0.6 is 0 Å². The average molecular weight is 277 g/mol. The molecule has 0 radical (unpaired) electrons. The zero-order chi connectivity index (χ0) is 15.1. The second kappa shape index (κ2) is 8.31. The second-order valence-electron chi connectivity index (χ2n) is 6.27. The second-order valence-corrected chi connectivity index (χ2v) is 6.27. The summed E-state index contributed by atoms with van der Waals surface area (Å²) in [4.78, 5) is 0. The monoisotopic (exact) mass is 277 g/mol. The molecule has 0 aliphatic heterocycles. The van der Waals surface area contributed by atoms with Gasteiger partial charge >= 0.3 is 0 Å². The van der Waals surface area contributed by atoms with Crippen molar-refractivity contribution < 1.29 is 4.74 Å². The van der Waals surface area contributed by atoms with E-state index in [1.165, 1.54) is 11.1 Å². The maximum Gasteiger partial charge on any atom is 0.122 e. The zero-order valence-corrected chi connectivity index (χ0v) is 14.0. The van der Waals surface area contributed by atoms with Crippen molar-refractivity contribution in [2.75, 3.05) is 6.54 Å². The molecule has 0 heterocycles. The highest BCUT2D eigenvalue weighted by atomic mass is 16.5. The fourth-order valence-corrected chi connectivity index (χ4v) is 2.17. The molecule has 114 valence electrons. The summed E-state index contributed by atoms with van der Waals surface area (Å²) in [5.41, 5.74) is 2.57. The van der Waals surface area contributed by atoms with Crippen LogP contribution in [0.1, 0.15) is 64.5 Å². The minimum absolute atomic E-state index is 0.253. The summed E-state index contributed by atoms with van der Waals surface area (Å²) in [5.74, 6) is 1.58. The summed E-state index contributed by atoms with van der Waals surface area (Å²) < 4.78 is 6.26. The van der Waals surface area contributed by atoms with Gasteiger partial charge in [-0.2, -0.15) is 0 Å². The third-order valence-electron chi connectivity index (χ3n) is 3.54. The van der Waals surface area contributed by atoms with Crippen LogP contribution in [0.3, 0.4) is 0 Å². The van der Waals surface area contributed by atoms with Gasteiger partial charge in [-0.15, -0.1) is 0 Å². The van der Waals surface area contributed by atoms with Crippen molar-refractivity contribution in [3.63, 3.8) is 0 Å². The lowest BCUT2D eigenvalue weighted by atomic mass is 10.0. The molecule has 20 heavy (non-hydrogen) atoms. The fourth-order valence-electron chi connectivity index (χ4n) is 2.17. The first kappa shape index (κ1) is 17.0. The molecule has 0 amide bonds. The van der Waals surface area contributed by atoms with Gasteiger partial charge in [0.15, 0.2) is 0 Å². The van der Waals surface area contributed by atoms with Crippen LogP contribution in [0.25, 0.3) is 0 Å². The maximum atomic E-state index is 6.26. The van der Waals surface area contributed by atoms with E-state index in [0.29, 0.717) is 12.0 Å². The number of hydrogen-bond acceptors (Lipinski definition) is 2. The number of hydrogen-bond donors (Lipinski definition) is 1. The third-order valence-corrected chi connectivity index (χ3v) is 3.54. The number of aryl methyl sites for hydroxylation is 1. The van der Waals surface area contributed by atoms with Crippen LogP contribution in [0.15, 0.2) is 18.2 Å². The topological polar surface area (TPSA) is 21.3 Å². The zero-order valence-electron chi connectivity index (χ0n) is 14.0. The molecule has 0 saturated heterocycles. The molecule has 1 N–H and O–H groups in total. The van der Waals surface area contributed by atoms with Gasteiger partial charge in [-0.25, -0.2) is 0 Å². The highest BCUT2D eigenvalue weighted by molar-refractivity contribution is 5.38. The van der Waals surface area contributed by atoms with Crippen molar-refractivity contribution in [2.24, 2.45) is 0 Å². The molecule has 0 aliphatic rings. The molecular weight excluding hydrogens is 246 g/mol. The minimum atomic E-state index is 0.253. The van der Waals surface area contributed by atoms with Crippen molar-refractivity contribution in [3.05, 3.63) is 29.3 Å². The molecule has 0 aliphatic carbocycles. The van der Waals surface area contributed by atoms with Gasteiger partial charge in [0.05, 0.1) is 0 Å². The standard InChI is InChI=1S/C18H31NO/c1-7-8-17(12-19-14(4)5)20-18-11-16(13(2)3)10-9-15(18)6/h9-11,13-14,17,19H,7-8,12H2,1-6H3. The van der Waals surface area contributed by atoms with E-state index in [9.17, 15) is 0 Å². The van der Waals surface area contributed by atoms with Gasteiger partial charge in [0.25, 0.3) is 0 Å². The van der Waals surface area contributed by atoms with E-state index in [-0.39, 0.29) is 6.10 Å². The van der Waals surface area contributed by atoms with Crippen molar-refractivity contribution in [3.8, 4) is 5.75 Å². The lowest BCUT2D eigenvalue weighted by Crippen LogP contribution is -2.35. The van der Waals surface area contributed by atoms with Crippen LogP contribution in [0.5, 0.6) is 5.75 Å². The van der Waals surface area contributed by atoms with Crippen LogP contribution < -0.4 is 10.1 Å². The fraction of sp³-hybridized carbons (Fsp3) is 0.667. The first-order chi connectivity index (χ1) is 9.43. The predicted octanol–water partition coefficient (Wildman–Crippen LogP) is 4.66. The van der Waals surface area contributed by atoms with Crippen molar-refractivity contribution in [1.29, 1.82) is 0 Å². The molecule has 1 atom stereocenters. The van der Waals surface area contributed by atoms with Crippen LogP contribution in [-0.2, 0) is 0 Å². The average Bonchev–Trinajstić information content (AvgIpc) is 2.38. The summed E-state index contributed by atoms with van der Waals surface area (Å²) in [6.07, 6.45) is 2.49. The van der Waals surface area contributed by atoms with E-state index in [1.807, 2.05) is 0 Å². The van der Waals surface area contributed by atoms with E-state index in [1.54, 1.807) is 0 Å². The van der Waals surface area contributed by atoms with E-state index in [0.717, 1.165) is 25.1 Å². The summed E-state index contributed by atoms with van der Waals surface area (Å²) in [7, 11) is 0.